The van der Waals surface area contributed by atoms with Crippen LogP contribution in [0, 0.1) is 5.92 Å². The Hall–Kier alpha value is -2.80. The van der Waals surface area contributed by atoms with E-state index in [1.165, 1.54) is 6.26 Å². The largest absolute Gasteiger partial charge is 0.497 e. The van der Waals surface area contributed by atoms with Crippen LogP contribution in [0.5, 0.6) is 5.75 Å². The minimum Gasteiger partial charge on any atom is -0.497 e. The van der Waals surface area contributed by atoms with Gasteiger partial charge < -0.3 is 23.7 Å². The van der Waals surface area contributed by atoms with E-state index in [1.807, 2.05) is 0 Å². The molecule has 0 bridgehead atoms. The average Bonchev–Trinajstić information content (AvgIpc) is 3.27. The maximum atomic E-state index is 13.1. The number of amides is 2. The first-order valence-electron chi connectivity index (χ1n) is 9.85. The molecule has 0 saturated carbocycles. The zero-order valence-electron chi connectivity index (χ0n) is 17.2. The Morgan fingerprint density at radius 2 is 2.00 bits per heavy atom. The molecule has 7 heteroatoms. The predicted octanol–water partition coefficient (Wildman–Crippen LogP) is 2.93. The highest BCUT2D eigenvalue weighted by Crippen LogP contribution is 2.17. The Morgan fingerprint density at radius 3 is 2.62 bits per heavy atom. The van der Waals surface area contributed by atoms with E-state index in [-0.39, 0.29) is 17.9 Å². The van der Waals surface area contributed by atoms with E-state index in [9.17, 15) is 9.59 Å². The van der Waals surface area contributed by atoms with Crippen LogP contribution in [0.4, 0.5) is 0 Å². The first kappa shape index (κ1) is 20.9. The molecule has 1 atom stereocenters. The molecule has 3 rings (SSSR count). The second kappa shape index (κ2) is 9.60. The molecule has 0 spiro atoms. The summed E-state index contributed by atoms with van der Waals surface area (Å²) in [5.74, 6) is 1.12. The van der Waals surface area contributed by atoms with Crippen molar-refractivity contribution >= 4 is 11.8 Å². The average molecular weight is 400 g/mol. The minimum atomic E-state index is -0.247. The molecule has 1 aliphatic rings. The van der Waals surface area contributed by atoms with Crippen LogP contribution in [-0.4, -0.2) is 67.6 Å². The summed E-state index contributed by atoms with van der Waals surface area (Å²) in [6.07, 6.45) is 1.24. The van der Waals surface area contributed by atoms with E-state index in [0.29, 0.717) is 55.8 Å². The second-order valence-electron chi connectivity index (χ2n) is 7.55. The fourth-order valence-corrected chi connectivity index (χ4v) is 3.41. The van der Waals surface area contributed by atoms with E-state index >= 15 is 0 Å². The molecule has 2 heterocycles. The molecule has 29 heavy (non-hydrogen) atoms. The number of furan rings is 1. The summed E-state index contributed by atoms with van der Waals surface area (Å²) in [5.41, 5.74) is 0.603. The zero-order valence-corrected chi connectivity index (χ0v) is 17.2. The third kappa shape index (κ3) is 5.38. The molecule has 0 aliphatic carbocycles. The van der Waals surface area contributed by atoms with Gasteiger partial charge in [0.05, 0.1) is 26.1 Å². The van der Waals surface area contributed by atoms with Gasteiger partial charge in [0, 0.05) is 31.7 Å². The van der Waals surface area contributed by atoms with E-state index in [2.05, 4.69) is 13.8 Å². The van der Waals surface area contributed by atoms with Crippen molar-refractivity contribution in [3.05, 3.63) is 54.0 Å². The SMILES string of the molecule is COc1ccc(C(=O)N(CC(C)C)CC2CN(C(=O)c3ccco3)CCO2)cc1. The normalized spacial score (nSPS) is 16.7. The third-order valence-corrected chi connectivity index (χ3v) is 4.79. The molecule has 1 aliphatic heterocycles. The Kier molecular flexibility index (Phi) is 6.93. The number of methoxy groups -OCH3 is 1. The summed E-state index contributed by atoms with van der Waals surface area (Å²) < 4.78 is 16.3. The topological polar surface area (TPSA) is 72.2 Å². The van der Waals surface area contributed by atoms with Crippen LogP contribution in [0.2, 0.25) is 0 Å². The lowest BCUT2D eigenvalue weighted by Gasteiger charge is -2.36. The lowest BCUT2D eigenvalue weighted by atomic mass is 10.1. The van der Waals surface area contributed by atoms with Gasteiger partial charge in [-0.15, -0.1) is 0 Å². The third-order valence-electron chi connectivity index (χ3n) is 4.79. The molecule has 1 unspecified atom stereocenters. The Bertz CT molecular complexity index is 801. The monoisotopic (exact) mass is 400 g/mol. The second-order valence-corrected chi connectivity index (χ2v) is 7.55. The number of ether oxygens (including phenoxy) is 2. The molecule has 156 valence electrons. The van der Waals surface area contributed by atoms with Crippen molar-refractivity contribution in [2.75, 3.05) is 39.9 Å². The molecule has 2 amide bonds. The first-order chi connectivity index (χ1) is 14.0. The molecule has 1 aromatic carbocycles. The van der Waals surface area contributed by atoms with Crippen molar-refractivity contribution in [2.24, 2.45) is 5.92 Å². The first-order valence-corrected chi connectivity index (χ1v) is 9.85. The number of hydrogen-bond acceptors (Lipinski definition) is 5. The van der Waals surface area contributed by atoms with Gasteiger partial charge in [0.15, 0.2) is 5.76 Å². The van der Waals surface area contributed by atoms with Gasteiger partial charge in [-0.1, -0.05) is 13.8 Å². The molecule has 1 aromatic heterocycles. The smallest absolute Gasteiger partial charge is 0.289 e. The van der Waals surface area contributed by atoms with Crippen LogP contribution in [0.25, 0.3) is 0 Å². The van der Waals surface area contributed by atoms with Crippen molar-refractivity contribution in [1.29, 1.82) is 0 Å². The van der Waals surface area contributed by atoms with Gasteiger partial charge in [0.1, 0.15) is 5.75 Å². The van der Waals surface area contributed by atoms with E-state index in [1.54, 1.807) is 53.3 Å². The lowest BCUT2D eigenvalue weighted by molar-refractivity contribution is -0.0347. The summed E-state index contributed by atoms with van der Waals surface area (Å²) in [6.45, 7) is 6.54. The molecular weight excluding hydrogens is 372 g/mol. The Labute approximate surface area is 171 Å². The van der Waals surface area contributed by atoms with Crippen LogP contribution in [0.15, 0.2) is 47.1 Å². The number of morpholine rings is 1. The highest BCUT2D eigenvalue weighted by atomic mass is 16.5. The van der Waals surface area contributed by atoms with Crippen LogP contribution < -0.4 is 4.74 Å². The summed E-state index contributed by atoms with van der Waals surface area (Å²) in [5, 5.41) is 0. The fraction of sp³-hybridized carbons (Fsp3) is 0.455. The van der Waals surface area contributed by atoms with Gasteiger partial charge in [0.2, 0.25) is 0 Å². The van der Waals surface area contributed by atoms with Crippen LogP contribution in [0.3, 0.4) is 0 Å². The van der Waals surface area contributed by atoms with Crippen molar-refractivity contribution in [1.82, 2.24) is 9.80 Å². The molecule has 1 saturated heterocycles. The van der Waals surface area contributed by atoms with Crippen LogP contribution >= 0.6 is 0 Å². The van der Waals surface area contributed by atoms with Crippen molar-refractivity contribution < 1.29 is 23.5 Å². The highest BCUT2D eigenvalue weighted by molar-refractivity contribution is 5.94. The molecule has 2 aromatic rings. The zero-order chi connectivity index (χ0) is 20.8. The molecular formula is C22H28N2O5. The minimum absolute atomic E-state index is 0.0561. The molecule has 0 radical (unpaired) electrons. The number of nitrogens with zero attached hydrogens (tertiary/aromatic N) is 2. The molecule has 7 nitrogen and oxygen atoms in total. The van der Waals surface area contributed by atoms with Crippen molar-refractivity contribution in [3.63, 3.8) is 0 Å². The van der Waals surface area contributed by atoms with Gasteiger partial charge >= 0.3 is 0 Å². The predicted molar refractivity (Wildman–Crippen MR) is 108 cm³/mol. The van der Waals surface area contributed by atoms with Crippen LogP contribution in [0.1, 0.15) is 34.8 Å². The van der Waals surface area contributed by atoms with E-state index < -0.39 is 0 Å². The highest BCUT2D eigenvalue weighted by Gasteiger charge is 2.29. The summed E-state index contributed by atoms with van der Waals surface area (Å²) >= 11 is 0. The number of rotatable bonds is 7. The van der Waals surface area contributed by atoms with Gasteiger partial charge in [-0.3, -0.25) is 9.59 Å². The van der Waals surface area contributed by atoms with Crippen molar-refractivity contribution in [2.45, 2.75) is 20.0 Å². The summed E-state index contributed by atoms with van der Waals surface area (Å²) in [7, 11) is 1.60. The maximum Gasteiger partial charge on any atom is 0.289 e. The van der Waals surface area contributed by atoms with Gasteiger partial charge in [-0.05, 0) is 42.3 Å². The number of hydrogen-bond donors (Lipinski definition) is 0. The number of benzene rings is 1. The van der Waals surface area contributed by atoms with Gasteiger partial charge in [-0.25, -0.2) is 0 Å². The molecule has 0 N–H and O–H groups in total. The van der Waals surface area contributed by atoms with Crippen molar-refractivity contribution in [3.8, 4) is 5.75 Å². The lowest BCUT2D eigenvalue weighted by Crippen LogP contribution is -2.51. The maximum absolute atomic E-state index is 13.1. The Balaban J connectivity index is 1.68. The van der Waals surface area contributed by atoms with Crippen LogP contribution in [-0.2, 0) is 4.74 Å². The van der Waals surface area contributed by atoms with Gasteiger partial charge in [-0.2, -0.15) is 0 Å². The summed E-state index contributed by atoms with van der Waals surface area (Å²) in [4.78, 5) is 29.2. The van der Waals surface area contributed by atoms with E-state index in [4.69, 9.17) is 13.9 Å². The molecule has 1 fully saturated rings. The number of carbonyl (C=O) groups excluding carboxylic acids is 2. The Morgan fingerprint density at radius 1 is 1.24 bits per heavy atom. The standard InChI is InChI=1S/C22H28N2O5/c1-16(2)13-24(21(25)17-6-8-18(27-3)9-7-17)15-19-14-23(10-12-28-19)22(26)20-5-4-11-29-20/h4-9,11,16,19H,10,12-15H2,1-3H3. The van der Waals surface area contributed by atoms with Gasteiger partial charge in [0.25, 0.3) is 11.8 Å². The van der Waals surface area contributed by atoms with E-state index in [0.717, 1.165) is 0 Å². The number of carbonyl (C=O) groups is 2. The quantitative estimate of drug-likeness (QED) is 0.715. The fourth-order valence-electron chi connectivity index (χ4n) is 3.41. The summed E-state index contributed by atoms with van der Waals surface area (Å²) in [6, 6.07) is 10.4.